The number of rotatable bonds is 3. The van der Waals surface area contributed by atoms with Gasteiger partial charge in [-0.1, -0.05) is 17.6 Å². The average Bonchev–Trinajstić information content (AvgIpc) is 2.56. The van der Waals surface area contributed by atoms with Crippen LogP contribution < -0.4 is 4.74 Å². The molecule has 2 nitrogen and oxygen atoms in total. The summed E-state index contributed by atoms with van der Waals surface area (Å²) >= 11 is 0. The molecule has 0 fully saturated rings. The number of ether oxygens (including phenoxy) is 1. The molecule has 0 aromatic heterocycles. The Bertz CT molecular complexity index is 811. The van der Waals surface area contributed by atoms with Crippen LogP contribution in [0, 0.1) is 30.1 Å². The van der Waals surface area contributed by atoms with Gasteiger partial charge in [-0.05, 0) is 57.7 Å². The quantitative estimate of drug-likeness (QED) is 0.453. The molecule has 2 unspecified atom stereocenters. The molecule has 1 aliphatic carbocycles. The molecule has 1 aromatic carbocycles. The van der Waals surface area contributed by atoms with Crippen LogP contribution in [0.25, 0.3) is 0 Å². The maximum Gasteiger partial charge on any atom is 0.127 e. The summed E-state index contributed by atoms with van der Waals surface area (Å²) in [4.78, 5) is 0. The van der Waals surface area contributed by atoms with Crippen molar-refractivity contribution in [1.29, 1.82) is 0 Å². The zero-order valence-electron chi connectivity index (χ0n) is 16.1. The van der Waals surface area contributed by atoms with Crippen LogP contribution >= 0.6 is 0 Å². The van der Waals surface area contributed by atoms with Crippen molar-refractivity contribution in [2.75, 3.05) is 0 Å². The molecule has 136 valence electrons. The molecule has 1 aromatic rings. The third-order valence-corrected chi connectivity index (χ3v) is 5.61. The number of phenolic OH excluding ortho intramolecular Hbond substituents is 1. The Morgan fingerprint density at radius 1 is 1.27 bits per heavy atom. The van der Waals surface area contributed by atoms with Crippen molar-refractivity contribution in [1.82, 2.24) is 0 Å². The van der Waals surface area contributed by atoms with E-state index in [2.05, 4.69) is 50.7 Å². The molecular weight excluding hydrogens is 320 g/mol. The van der Waals surface area contributed by atoms with Crippen molar-refractivity contribution >= 4 is 0 Å². The maximum atomic E-state index is 10.7. The van der Waals surface area contributed by atoms with Crippen molar-refractivity contribution in [2.45, 2.75) is 70.8 Å². The summed E-state index contributed by atoms with van der Waals surface area (Å²) in [5, 5.41) is 10.7. The molecule has 1 heterocycles. The first-order chi connectivity index (χ1) is 12.4. The minimum absolute atomic E-state index is 0.235. The number of aromatic hydroxyl groups is 1. The Kier molecular flexibility index (Phi) is 5.33. The summed E-state index contributed by atoms with van der Waals surface area (Å²) in [6.45, 7) is 6.51. The van der Waals surface area contributed by atoms with E-state index in [0.29, 0.717) is 24.0 Å². The van der Waals surface area contributed by atoms with Crippen molar-refractivity contribution < 1.29 is 9.84 Å². The lowest BCUT2D eigenvalue weighted by molar-refractivity contribution is 0.00754. The van der Waals surface area contributed by atoms with Crippen LogP contribution in [0.1, 0.15) is 69.9 Å². The van der Waals surface area contributed by atoms with Gasteiger partial charge in [-0.2, -0.15) is 0 Å². The lowest BCUT2D eigenvalue weighted by Gasteiger charge is -2.47. The van der Waals surface area contributed by atoms with Crippen molar-refractivity contribution in [3.8, 4) is 35.7 Å². The predicted octanol–water partition coefficient (Wildman–Crippen LogP) is 5.35. The molecular formula is C24H28O2. The van der Waals surface area contributed by atoms with Gasteiger partial charge in [0.1, 0.15) is 17.1 Å². The molecule has 2 heteroatoms. The van der Waals surface area contributed by atoms with Crippen molar-refractivity contribution in [2.24, 2.45) is 5.92 Å². The summed E-state index contributed by atoms with van der Waals surface area (Å²) in [6.07, 6.45) is 12.7. The molecule has 26 heavy (non-hydrogen) atoms. The van der Waals surface area contributed by atoms with Crippen LogP contribution in [0.3, 0.4) is 0 Å². The second-order valence-electron chi connectivity index (χ2n) is 8.02. The van der Waals surface area contributed by atoms with Crippen LogP contribution in [-0.2, 0) is 6.42 Å². The number of benzene rings is 1. The molecule has 0 spiro atoms. The van der Waals surface area contributed by atoms with E-state index in [4.69, 9.17) is 11.2 Å². The zero-order valence-corrected chi connectivity index (χ0v) is 16.1. The number of hydrogen-bond donors (Lipinski definition) is 1. The predicted molar refractivity (Wildman–Crippen MR) is 106 cm³/mol. The highest BCUT2D eigenvalue weighted by atomic mass is 16.5. The highest BCUT2D eigenvalue weighted by Gasteiger charge is 2.45. The first kappa shape index (κ1) is 18.5. The highest BCUT2D eigenvalue weighted by Crippen LogP contribution is 2.54. The van der Waals surface area contributed by atoms with Crippen molar-refractivity contribution in [3.05, 3.63) is 34.9 Å². The summed E-state index contributed by atoms with van der Waals surface area (Å²) in [5.74, 6) is 10.9. The van der Waals surface area contributed by atoms with E-state index in [1.807, 2.05) is 6.07 Å². The SMILES string of the molecule is C#CCCCC#CCc1cc(O)c2c(c1)OC(C)(C)C1CC=C(C)CC21. The van der Waals surface area contributed by atoms with Gasteiger partial charge in [-0.25, -0.2) is 0 Å². The minimum atomic E-state index is -0.235. The summed E-state index contributed by atoms with van der Waals surface area (Å²) < 4.78 is 6.35. The fourth-order valence-corrected chi connectivity index (χ4v) is 4.25. The third-order valence-electron chi connectivity index (χ3n) is 5.61. The van der Waals surface area contributed by atoms with E-state index in [9.17, 15) is 5.11 Å². The summed E-state index contributed by atoms with van der Waals surface area (Å²) in [5.41, 5.74) is 3.15. The molecule has 2 aliphatic rings. The van der Waals surface area contributed by atoms with Gasteiger partial charge in [0.05, 0.1) is 0 Å². The first-order valence-electron chi connectivity index (χ1n) is 9.52. The lowest BCUT2D eigenvalue weighted by Crippen LogP contribution is -2.45. The Hall–Kier alpha value is -2.32. The van der Waals surface area contributed by atoms with Crippen LogP contribution in [-0.4, -0.2) is 10.7 Å². The first-order valence-corrected chi connectivity index (χ1v) is 9.52. The number of hydrogen-bond acceptors (Lipinski definition) is 2. The van der Waals surface area contributed by atoms with Crippen LogP contribution in [0.2, 0.25) is 0 Å². The van der Waals surface area contributed by atoms with Crippen molar-refractivity contribution in [3.63, 3.8) is 0 Å². The number of phenols is 1. The highest BCUT2D eigenvalue weighted by molar-refractivity contribution is 5.53. The zero-order chi connectivity index (χ0) is 18.7. The molecule has 3 rings (SSSR count). The van der Waals surface area contributed by atoms with Crippen LogP contribution in [0.5, 0.6) is 11.5 Å². The molecule has 0 saturated carbocycles. The summed E-state index contributed by atoms with van der Waals surface area (Å²) in [6, 6.07) is 3.93. The largest absolute Gasteiger partial charge is 0.508 e. The second-order valence-corrected chi connectivity index (χ2v) is 8.02. The van der Waals surface area contributed by atoms with Gasteiger partial charge < -0.3 is 9.84 Å². The van der Waals surface area contributed by atoms with Gasteiger partial charge in [0.25, 0.3) is 0 Å². The molecule has 1 N–H and O–H groups in total. The fourth-order valence-electron chi connectivity index (χ4n) is 4.25. The number of fused-ring (bicyclic) bond motifs is 3. The Morgan fingerprint density at radius 2 is 2.08 bits per heavy atom. The molecule has 0 amide bonds. The van der Waals surface area contributed by atoms with E-state index < -0.39 is 0 Å². The smallest absolute Gasteiger partial charge is 0.127 e. The Morgan fingerprint density at radius 3 is 2.85 bits per heavy atom. The van der Waals surface area contributed by atoms with Crippen LogP contribution in [0.15, 0.2) is 23.8 Å². The van der Waals surface area contributed by atoms with Gasteiger partial charge in [0.15, 0.2) is 0 Å². The molecule has 0 radical (unpaired) electrons. The fraction of sp³-hybridized carbons (Fsp3) is 0.500. The molecule has 0 saturated heterocycles. The average molecular weight is 348 g/mol. The number of unbranched alkanes of at least 4 members (excludes halogenated alkanes) is 2. The van der Waals surface area contributed by atoms with E-state index in [1.54, 1.807) is 0 Å². The minimum Gasteiger partial charge on any atom is -0.508 e. The second kappa shape index (κ2) is 7.51. The number of allylic oxidation sites excluding steroid dienone is 2. The van der Waals surface area contributed by atoms with E-state index >= 15 is 0 Å². The summed E-state index contributed by atoms with van der Waals surface area (Å²) in [7, 11) is 0. The monoisotopic (exact) mass is 348 g/mol. The normalized spacial score (nSPS) is 22.6. The lowest BCUT2D eigenvalue weighted by atomic mass is 9.67. The van der Waals surface area contributed by atoms with Gasteiger partial charge in [-0.15, -0.1) is 18.3 Å². The van der Waals surface area contributed by atoms with E-state index in [1.165, 1.54) is 5.57 Å². The standard InChI is InChI=1S/C24H28O2/c1-5-6-7-8-9-10-11-18-15-21(25)23-19-14-17(2)12-13-20(19)24(3,4)26-22(23)16-18/h1,12,15-16,19-20,25H,6-8,11,13-14H2,2-4H3. The van der Waals surface area contributed by atoms with Gasteiger partial charge >= 0.3 is 0 Å². The van der Waals surface area contributed by atoms with E-state index in [0.717, 1.165) is 49.0 Å². The Labute approximate surface area is 157 Å². The molecule has 2 atom stereocenters. The van der Waals surface area contributed by atoms with Crippen LogP contribution in [0.4, 0.5) is 0 Å². The molecule has 0 bridgehead atoms. The third kappa shape index (κ3) is 3.76. The molecule has 1 aliphatic heterocycles. The Balaban J connectivity index is 1.84. The van der Waals surface area contributed by atoms with Gasteiger partial charge in [-0.3, -0.25) is 0 Å². The topological polar surface area (TPSA) is 29.5 Å². The van der Waals surface area contributed by atoms with E-state index in [-0.39, 0.29) is 5.60 Å². The maximum absolute atomic E-state index is 10.7. The number of terminal acetylenes is 1. The van der Waals surface area contributed by atoms with Gasteiger partial charge in [0, 0.05) is 36.7 Å². The van der Waals surface area contributed by atoms with Gasteiger partial charge in [0.2, 0.25) is 0 Å².